The number of halogens is 2. The molecule has 1 saturated heterocycles. The summed E-state index contributed by atoms with van der Waals surface area (Å²) >= 11 is 12.1. The smallest absolute Gasteiger partial charge is 0.278 e. The molecule has 0 bridgehead atoms. The van der Waals surface area contributed by atoms with E-state index < -0.39 is 28.8 Å². The van der Waals surface area contributed by atoms with Crippen molar-refractivity contribution in [3.8, 4) is 0 Å². The van der Waals surface area contributed by atoms with Crippen molar-refractivity contribution in [3.63, 3.8) is 0 Å². The van der Waals surface area contributed by atoms with Gasteiger partial charge in [-0.3, -0.25) is 19.7 Å². The Morgan fingerprint density at radius 2 is 1.89 bits per heavy atom. The van der Waals surface area contributed by atoms with Crippen molar-refractivity contribution in [2.75, 3.05) is 4.90 Å². The van der Waals surface area contributed by atoms with Crippen LogP contribution in [0.5, 0.6) is 0 Å². The molecular weight excluding hydrogens is 397 g/mol. The van der Waals surface area contributed by atoms with E-state index in [1.807, 2.05) is 0 Å². The van der Waals surface area contributed by atoms with Crippen LogP contribution in [0.3, 0.4) is 0 Å². The first-order valence-corrected chi connectivity index (χ1v) is 8.45. The lowest BCUT2D eigenvalue weighted by molar-refractivity contribution is -0.384. The highest BCUT2D eigenvalue weighted by molar-refractivity contribution is 6.39. The summed E-state index contributed by atoms with van der Waals surface area (Å²) in [6.07, 6.45) is -1.14. The molecule has 2 aromatic rings. The summed E-state index contributed by atoms with van der Waals surface area (Å²) in [4.78, 5) is 42.1. The monoisotopic (exact) mass is 405 g/mol. The molecule has 0 aliphatic carbocycles. The number of hydrogen-bond donors (Lipinski definition) is 0. The number of oxime groups is 1. The molecule has 2 atom stereocenters. The minimum absolute atomic E-state index is 0.0961. The maximum Gasteiger partial charge on any atom is 0.278 e. The number of non-ortho nitro benzene ring substituents is 1. The first-order chi connectivity index (χ1) is 12.9. The number of rotatable bonds is 3. The lowest BCUT2D eigenvalue weighted by atomic mass is 9.94. The topological polar surface area (TPSA) is 102 Å². The average Bonchev–Trinajstić information content (AvgIpc) is 3.16. The second-order valence-electron chi connectivity index (χ2n) is 5.89. The molecule has 136 valence electrons. The second kappa shape index (κ2) is 6.33. The molecule has 0 spiro atoms. The van der Waals surface area contributed by atoms with Gasteiger partial charge >= 0.3 is 0 Å². The van der Waals surface area contributed by atoms with Crippen molar-refractivity contribution in [1.29, 1.82) is 0 Å². The summed E-state index contributed by atoms with van der Waals surface area (Å²) in [6.45, 7) is 0. The average molecular weight is 406 g/mol. The number of nitrogens with zero attached hydrogens (tertiary/aromatic N) is 3. The molecule has 10 heteroatoms. The molecule has 8 nitrogen and oxygen atoms in total. The van der Waals surface area contributed by atoms with Gasteiger partial charge in [0.05, 0.1) is 15.6 Å². The van der Waals surface area contributed by atoms with Crippen LogP contribution in [-0.2, 0) is 14.4 Å². The van der Waals surface area contributed by atoms with Crippen LogP contribution in [0.1, 0.15) is 5.56 Å². The fraction of sp³-hybridized carbons (Fsp3) is 0.118. The van der Waals surface area contributed by atoms with Crippen molar-refractivity contribution in [2.24, 2.45) is 11.1 Å². The van der Waals surface area contributed by atoms with Gasteiger partial charge in [-0.05, 0) is 18.2 Å². The van der Waals surface area contributed by atoms with Gasteiger partial charge in [0.1, 0.15) is 11.6 Å². The highest BCUT2D eigenvalue weighted by atomic mass is 35.5. The number of imide groups is 1. The van der Waals surface area contributed by atoms with Gasteiger partial charge in [0, 0.05) is 22.7 Å². The largest absolute Gasteiger partial charge is 0.381 e. The number of nitro groups is 1. The lowest BCUT2D eigenvalue weighted by Crippen LogP contribution is -2.33. The van der Waals surface area contributed by atoms with Crippen molar-refractivity contribution in [3.05, 3.63) is 68.2 Å². The van der Waals surface area contributed by atoms with Gasteiger partial charge in [-0.2, -0.15) is 0 Å². The van der Waals surface area contributed by atoms with Crippen LogP contribution in [0.15, 0.2) is 47.6 Å². The number of hydrogen-bond acceptors (Lipinski definition) is 6. The van der Waals surface area contributed by atoms with Gasteiger partial charge in [0.2, 0.25) is 12.0 Å². The van der Waals surface area contributed by atoms with Gasteiger partial charge in [-0.15, -0.1) is 0 Å². The van der Waals surface area contributed by atoms with E-state index in [4.69, 9.17) is 28.0 Å². The van der Waals surface area contributed by atoms with Crippen LogP contribution in [0, 0.1) is 16.0 Å². The summed E-state index contributed by atoms with van der Waals surface area (Å²) in [7, 11) is 0. The highest BCUT2D eigenvalue weighted by Crippen LogP contribution is 2.37. The highest BCUT2D eigenvalue weighted by Gasteiger charge is 2.56. The number of carbonyl (C=O) groups is 2. The number of amides is 2. The van der Waals surface area contributed by atoms with Crippen LogP contribution < -0.4 is 4.90 Å². The lowest BCUT2D eigenvalue weighted by Gasteiger charge is -2.15. The first-order valence-electron chi connectivity index (χ1n) is 7.70. The third kappa shape index (κ3) is 2.73. The maximum absolute atomic E-state index is 12.9. The fourth-order valence-electron chi connectivity index (χ4n) is 3.10. The van der Waals surface area contributed by atoms with Crippen LogP contribution in [0.2, 0.25) is 10.0 Å². The van der Waals surface area contributed by atoms with Gasteiger partial charge in [0.25, 0.3) is 11.6 Å². The number of carbonyl (C=O) groups excluding carboxylic acids is 2. The summed E-state index contributed by atoms with van der Waals surface area (Å²) in [6, 6.07) is 9.92. The van der Waals surface area contributed by atoms with Crippen molar-refractivity contribution >= 4 is 52.1 Å². The van der Waals surface area contributed by atoms with Crippen LogP contribution in [-0.4, -0.2) is 28.6 Å². The van der Waals surface area contributed by atoms with E-state index in [-0.39, 0.29) is 22.1 Å². The Hall–Kier alpha value is -2.97. The second-order valence-corrected chi connectivity index (χ2v) is 6.74. The minimum atomic E-state index is -1.14. The maximum atomic E-state index is 12.9. The van der Waals surface area contributed by atoms with Crippen molar-refractivity contribution in [2.45, 2.75) is 6.10 Å². The quantitative estimate of drug-likeness (QED) is 0.443. The Bertz CT molecular complexity index is 1040. The van der Waals surface area contributed by atoms with Crippen LogP contribution in [0.4, 0.5) is 11.4 Å². The normalized spacial score (nSPS) is 21.1. The zero-order valence-corrected chi connectivity index (χ0v) is 14.8. The Morgan fingerprint density at radius 1 is 1.11 bits per heavy atom. The predicted molar refractivity (Wildman–Crippen MR) is 97.0 cm³/mol. The zero-order chi connectivity index (χ0) is 19.3. The Labute approximate surface area is 162 Å². The van der Waals surface area contributed by atoms with Crippen LogP contribution >= 0.6 is 23.2 Å². The van der Waals surface area contributed by atoms with Crippen molar-refractivity contribution in [1.82, 2.24) is 0 Å². The molecule has 1 fully saturated rings. The molecule has 0 saturated carbocycles. The van der Waals surface area contributed by atoms with E-state index in [9.17, 15) is 19.7 Å². The van der Waals surface area contributed by atoms with E-state index in [2.05, 4.69) is 5.16 Å². The van der Waals surface area contributed by atoms with E-state index in [0.29, 0.717) is 10.6 Å². The Kier molecular flexibility index (Phi) is 4.09. The number of fused-ring (bicyclic) bond motifs is 1. The van der Waals surface area contributed by atoms with Gasteiger partial charge in [0.15, 0.2) is 0 Å². The summed E-state index contributed by atoms with van der Waals surface area (Å²) in [5.41, 5.74) is 0.503. The van der Waals surface area contributed by atoms with Gasteiger partial charge < -0.3 is 4.84 Å². The van der Waals surface area contributed by atoms with E-state index in [0.717, 1.165) is 11.0 Å². The summed E-state index contributed by atoms with van der Waals surface area (Å²) in [5, 5.41) is 15.5. The van der Waals surface area contributed by atoms with E-state index >= 15 is 0 Å². The molecular formula is C17H9Cl2N3O5. The SMILES string of the molecule is O=C1C2ON=C(c3ccc(Cl)cc3Cl)C2C(=O)N1c1cccc([N+](=O)[O-])c1. The molecule has 0 N–H and O–H groups in total. The molecule has 4 rings (SSSR count). The predicted octanol–water partition coefficient (Wildman–Crippen LogP) is 3.19. The van der Waals surface area contributed by atoms with Gasteiger partial charge in [-0.1, -0.05) is 40.5 Å². The first kappa shape index (κ1) is 17.4. The molecule has 2 aliphatic heterocycles. The minimum Gasteiger partial charge on any atom is -0.381 e. The standard InChI is InChI=1S/C17H9Cl2N3O5/c18-8-4-5-11(12(19)6-8)14-13-15(27-20-14)17(24)21(16(13)23)9-2-1-3-10(7-9)22(25)26/h1-7,13,15H. The molecule has 2 amide bonds. The number of anilines is 1. The molecule has 2 aliphatic rings. The van der Waals surface area contributed by atoms with E-state index in [1.54, 1.807) is 12.1 Å². The zero-order valence-electron chi connectivity index (χ0n) is 13.3. The third-order valence-electron chi connectivity index (χ3n) is 4.32. The molecule has 2 heterocycles. The molecule has 0 radical (unpaired) electrons. The van der Waals surface area contributed by atoms with Crippen molar-refractivity contribution < 1.29 is 19.3 Å². The number of benzene rings is 2. The Morgan fingerprint density at radius 3 is 2.59 bits per heavy atom. The molecule has 0 aromatic heterocycles. The fourth-order valence-corrected chi connectivity index (χ4v) is 3.60. The van der Waals surface area contributed by atoms with Crippen LogP contribution in [0.25, 0.3) is 0 Å². The van der Waals surface area contributed by atoms with E-state index in [1.165, 1.54) is 24.3 Å². The summed E-state index contributed by atoms with van der Waals surface area (Å²) in [5.74, 6) is -2.22. The van der Waals surface area contributed by atoms with Gasteiger partial charge in [-0.25, -0.2) is 4.90 Å². The molecule has 27 heavy (non-hydrogen) atoms. The molecule has 2 aromatic carbocycles. The third-order valence-corrected chi connectivity index (χ3v) is 4.87. The number of nitro benzene ring substituents is 1. The molecule has 2 unspecified atom stereocenters. The Balaban J connectivity index is 1.72. The summed E-state index contributed by atoms with van der Waals surface area (Å²) < 4.78 is 0.